The summed E-state index contributed by atoms with van der Waals surface area (Å²) in [5.74, 6) is 0.431. The Morgan fingerprint density at radius 3 is 2.66 bits per heavy atom. The van der Waals surface area contributed by atoms with E-state index in [2.05, 4.69) is 20.5 Å². The number of fused-ring (bicyclic) bond motifs is 1. The summed E-state index contributed by atoms with van der Waals surface area (Å²) in [5.41, 5.74) is 1.77. The molecule has 1 aliphatic carbocycles. The van der Waals surface area contributed by atoms with Crippen LogP contribution in [0.5, 0.6) is 0 Å². The Kier molecular flexibility index (Phi) is 6.93. The molecule has 1 fully saturated rings. The Balaban J connectivity index is 1.84. The molecule has 1 saturated carbocycles. The van der Waals surface area contributed by atoms with E-state index in [1.165, 1.54) is 4.90 Å². The number of rotatable bonds is 8. The van der Waals surface area contributed by atoms with Crippen LogP contribution in [0.3, 0.4) is 0 Å². The third-order valence-electron chi connectivity index (χ3n) is 6.80. The Labute approximate surface area is 202 Å². The topological polar surface area (TPSA) is 105 Å². The van der Waals surface area contributed by atoms with Gasteiger partial charge >= 0.3 is 6.18 Å². The van der Waals surface area contributed by atoms with Crippen LogP contribution in [-0.2, 0) is 6.18 Å². The molecule has 0 unspecified atom stereocenters. The maximum Gasteiger partial charge on any atom is 0.433 e. The number of nitrogens with one attached hydrogen (secondary N) is 4. The number of aromatic amines is 1. The molecule has 0 spiro atoms. The third kappa shape index (κ3) is 4.80. The van der Waals surface area contributed by atoms with Crippen molar-refractivity contribution >= 4 is 23.1 Å². The predicted molar refractivity (Wildman–Crippen MR) is 131 cm³/mol. The molecule has 10 heteroatoms. The lowest BCUT2D eigenvalue weighted by Gasteiger charge is -2.36. The third-order valence-corrected chi connectivity index (χ3v) is 6.80. The Hall–Kier alpha value is -3.27. The number of aromatic nitrogens is 3. The second kappa shape index (κ2) is 9.77. The van der Waals surface area contributed by atoms with Crippen molar-refractivity contribution in [3.63, 3.8) is 0 Å². The number of benzene rings is 1. The van der Waals surface area contributed by atoms with Crippen LogP contribution in [-0.4, -0.2) is 45.8 Å². The molecule has 0 saturated heterocycles. The van der Waals surface area contributed by atoms with Crippen LogP contribution in [0.1, 0.15) is 62.0 Å². The first-order valence-corrected chi connectivity index (χ1v) is 11.8. The van der Waals surface area contributed by atoms with Crippen molar-refractivity contribution in [1.82, 2.24) is 25.4 Å². The molecule has 1 aliphatic rings. The van der Waals surface area contributed by atoms with E-state index < -0.39 is 17.9 Å². The van der Waals surface area contributed by atoms with E-state index in [-0.39, 0.29) is 11.6 Å². The first-order chi connectivity index (χ1) is 16.7. The van der Waals surface area contributed by atoms with Gasteiger partial charge in [-0.05, 0) is 49.9 Å². The molecule has 1 aromatic carbocycles. The van der Waals surface area contributed by atoms with Crippen molar-refractivity contribution in [2.45, 2.75) is 51.2 Å². The van der Waals surface area contributed by atoms with E-state index >= 15 is 0 Å². The van der Waals surface area contributed by atoms with E-state index in [1.807, 2.05) is 31.2 Å². The Bertz CT molecular complexity index is 1230. The number of alkyl halides is 3. The van der Waals surface area contributed by atoms with E-state index in [0.29, 0.717) is 40.5 Å². The minimum atomic E-state index is -4.59. The molecule has 2 atom stereocenters. The van der Waals surface area contributed by atoms with Gasteiger partial charge in [-0.15, -0.1) is 0 Å². The van der Waals surface area contributed by atoms with E-state index in [0.717, 1.165) is 37.2 Å². The van der Waals surface area contributed by atoms with Crippen molar-refractivity contribution in [1.29, 1.82) is 10.8 Å². The summed E-state index contributed by atoms with van der Waals surface area (Å²) in [6.45, 7) is 4.25. The van der Waals surface area contributed by atoms with Gasteiger partial charge < -0.3 is 10.2 Å². The normalized spacial score (nSPS) is 16.1. The molecule has 4 rings (SSSR count). The fourth-order valence-corrected chi connectivity index (χ4v) is 4.72. The first kappa shape index (κ1) is 24.8. The smallest absolute Gasteiger partial charge is 0.324 e. The van der Waals surface area contributed by atoms with Gasteiger partial charge in [0.1, 0.15) is 17.2 Å². The predicted octanol–water partition coefficient (Wildman–Crippen LogP) is 5.71. The zero-order valence-electron chi connectivity index (χ0n) is 20.0. The summed E-state index contributed by atoms with van der Waals surface area (Å²) in [7, 11) is 1.69. The quantitative estimate of drug-likeness (QED) is 0.242. The molecular formula is C25H30F3N7. The minimum absolute atomic E-state index is 0.197. The van der Waals surface area contributed by atoms with Gasteiger partial charge in [-0.2, -0.15) is 18.3 Å². The summed E-state index contributed by atoms with van der Waals surface area (Å²) in [6.07, 6.45) is -0.362. The van der Waals surface area contributed by atoms with Gasteiger partial charge in [-0.25, -0.2) is 4.98 Å². The highest BCUT2D eigenvalue weighted by atomic mass is 19.4. The van der Waals surface area contributed by atoms with Crippen LogP contribution in [0.4, 0.5) is 13.2 Å². The van der Waals surface area contributed by atoms with Crippen LogP contribution in [0.25, 0.3) is 22.2 Å². The molecule has 0 radical (unpaired) electrons. The number of hydrogen-bond acceptors (Lipinski definition) is 5. The van der Waals surface area contributed by atoms with Crippen LogP contribution in [0.15, 0.2) is 30.3 Å². The van der Waals surface area contributed by atoms with Gasteiger partial charge in [0.15, 0.2) is 0 Å². The zero-order chi connectivity index (χ0) is 25.3. The number of pyridine rings is 1. The van der Waals surface area contributed by atoms with Crippen molar-refractivity contribution in [3.8, 4) is 11.3 Å². The fourth-order valence-electron chi connectivity index (χ4n) is 4.72. The number of halogens is 3. The van der Waals surface area contributed by atoms with Crippen LogP contribution in [0.2, 0.25) is 0 Å². The summed E-state index contributed by atoms with van der Waals surface area (Å²) in [5, 5.41) is 27.0. The monoisotopic (exact) mass is 485 g/mol. The molecular weight excluding hydrogens is 455 g/mol. The standard InChI is InChI=1S/C25H30F3N7/c1-4-31-14(2)21-23-18(12-19(32-21)25(26,27)28)22(33-34-23)17-10-6-9-16(11-17)20(15-7-5-8-15)24(30)35(3)13-29/h6,9-15,20,29-31H,4-5,7-8H2,1-3H3,(H,33,34)/t14-,20-/m1/s1. The number of amidine groups is 1. The van der Waals surface area contributed by atoms with Gasteiger partial charge in [0.2, 0.25) is 0 Å². The second-order valence-corrected chi connectivity index (χ2v) is 9.08. The maximum atomic E-state index is 13.7. The number of likely N-dealkylation sites (N-methyl/N-ethyl adjacent to an activating group) is 1. The van der Waals surface area contributed by atoms with Gasteiger partial charge in [0.05, 0.1) is 17.5 Å². The second-order valence-electron chi connectivity index (χ2n) is 9.08. The van der Waals surface area contributed by atoms with E-state index in [9.17, 15) is 13.2 Å². The molecule has 0 aliphatic heterocycles. The maximum absolute atomic E-state index is 13.7. The number of hydrogen-bond donors (Lipinski definition) is 4. The van der Waals surface area contributed by atoms with E-state index in [4.69, 9.17) is 10.8 Å². The Morgan fingerprint density at radius 1 is 1.31 bits per heavy atom. The minimum Gasteiger partial charge on any atom is -0.324 e. The molecule has 2 aromatic heterocycles. The zero-order valence-corrected chi connectivity index (χ0v) is 20.0. The molecule has 35 heavy (non-hydrogen) atoms. The number of nitrogens with zero attached hydrogens (tertiary/aromatic N) is 3. The molecule has 0 bridgehead atoms. The highest BCUT2D eigenvalue weighted by Gasteiger charge is 2.35. The lowest BCUT2D eigenvalue weighted by atomic mass is 9.72. The SMILES string of the molecule is CCN[C@H](C)c1nc(C(F)(F)F)cc2c(-c3cccc([C@H](C(=N)N(C)C=N)C4CCC4)c3)n[nH]c12. The van der Waals surface area contributed by atoms with Crippen molar-refractivity contribution < 1.29 is 13.2 Å². The van der Waals surface area contributed by atoms with Crippen LogP contribution >= 0.6 is 0 Å². The van der Waals surface area contributed by atoms with Crippen molar-refractivity contribution in [3.05, 3.63) is 47.3 Å². The molecule has 4 N–H and O–H groups in total. The van der Waals surface area contributed by atoms with Crippen LogP contribution in [0, 0.1) is 16.7 Å². The van der Waals surface area contributed by atoms with Crippen molar-refractivity contribution in [2.75, 3.05) is 13.6 Å². The van der Waals surface area contributed by atoms with Gasteiger partial charge in [-0.1, -0.05) is 31.5 Å². The molecule has 2 heterocycles. The largest absolute Gasteiger partial charge is 0.433 e. The summed E-state index contributed by atoms with van der Waals surface area (Å²) in [6, 6.07) is 8.17. The lowest BCUT2D eigenvalue weighted by Crippen LogP contribution is -2.36. The highest BCUT2D eigenvalue weighted by Crippen LogP contribution is 2.42. The highest BCUT2D eigenvalue weighted by molar-refractivity contribution is 5.96. The van der Waals surface area contributed by atoms with Gasteiger partial charge in [0.25, 0.3) is 0 Å². The van der Waals surface area contributed by atoms with Crippen molar-refractivity contribution in [2.24, 2.45) is 5.92 Å². The molecule has 3 aromatic rings. The summed E-state index contributed by atoms with van der Waals surface area (Å²) in [4.78, 5) is 5.42. The Morgan fingerprint density at radius 2 is 2.06 bits per heavy atom. The molecule has 7 nitrogen and oxygen atoms in total. The number of H-pyrrole nitrogens is 1. The molecule has 0 amide bonds. The summed E-state index contributed by atoms with van der Waals surface area (Å²) < 4.78 is 41.2. The fraction of sp³-hybridized carbons (Fsp3) is 0.440. The average Bonchev–Trinajstić information content (AvgIpc) is 3.23. The van der Waals surface area contributed by atoms with Gasteiger partial charge in [0, 0.05) is 30.0 Å². The van der Waals surface area contributed by atoms with Crippen LogP contribution < -0.4 is 5.32 Å². The van der Waals surface area contributed by atoms with Gasteiger partial charge in [-0.3, -0.25) is 15.9 Å². The lowest BCUT2D eigenvalue weighted by molar-refractivity contribution is -0.141. The molecule has 186 valence electrons. The first-order valence-electron chi connectivity index (χ1n) is 11.8. The average molecular weight is 486 g/mol. The van der Waals surface area contributed by atoms with E-state index in [1.54, 1.807) is 14.0 Å². The summed E-state index contributed by atoms with van der Waals surface area (Å²) >= 11 is 0.